The third kappa shape index (κ3) is 4.80. The van der Waals surface area contributed by atoms with E-state index in [4.69, 9.17) is 0 Å². The van der Waals surface area contributed by atoms with Gasteiger partial charge >= 0.3 is 6.18 Å². The van der Waals surface area contributed by atoms with E-state index >= 15 is 0 Å². The Morgan fingerprint density at radius 1 is 1.00 bits per heavy atom. The highest BCUT2D eigenvalue weighted by Crippen LogP contribution is 2.30. The van der Waals surface area contributed by atoms with E-state index in [1.54, 1.807) is 4.90 Å². The summed E-state index contributed by atoms with van der Waals surface area (Å²) in [6.07, 6.45) is -2.99. The number of benzene rings is 1. The largest absolute Gasteiger partial charge is 0.416 e. The zero-order valence-corrected chi connectivity index (χ0v) is 15.0. The predicted molar refractivity (Wildman–Crippen MR) is 92.8 cm³/mol. The minimum Gasteiger partial charge on any atom is -0.393 e. The highest BCUT2D eigenvalue weighted by atomic mass is 19.4. The van der Waals surface area contributed by atoms with Gasteiger partial charge < -0.3 is 20.0 Å². The number of carbonyl (C=O) groups is 1. The molecule has 3 rings (SSSR count). The van der Waals surface area contributed by atoms with E-state index in [0.717, 1.165) is 63.0 Å². The van der Waals surface area contributed by atoms with Gasteiger partial charge in [-0.3, -0.25) is 4.79 Å². The first-order valence-corrected chi connectivity index (χ1v) is 9.32. The Morgan fingerprint density at radius 3 is 2.07 bits per heavy atom. The fourth-order valence-corrected chi connectivity index (χ4v) is 3.87. The SMILES string of the molecule is O=C([C@@H](O)c1ccc(C(F)(F)F)cc1)N1CCC(N2CCC(O)CC2)CC1. The summed E-state index contributed by atoms with van der Waals surface area (Å²) in [5.74, 6) is -0.470. The van der Waals surface area contributed by atoms with Gasteiger partial charge in [-0.1, -0.05) is 12.1 Å². The van der Waals surface area contributed by atoms with Gasteiger partial charge in [0.2, 0.25) is 0 Å². The molecule has 0 aliphatic carbocycles. The van der Waals surface area contributed by atoms with Gasteiger partial charge in [-0.25, -0.2) is 0 Å². The zero-order valence-electron chi connectivity index (χ0n) is 15.0. The summed E-state index contributed by atoms with van der Waals surface area (Å²) < 4.78 is 37.9. The van der Waals surface area contributed by atoms with Crippen molar-refractivity contribution in [2.75, 3.05) is 26.2 Å². The fourth-order valence-electron chi connectivity index (χ4n) is 3.87. The Hall–Kier alpha value is -1.64. The normalized spacial score (nSPS) is 22.0. The lowest BCUT2D eigenvalue weighted by atomic mass is 9.98. The molecule has 0 bridgehead atoms. The van der Waals surface area contributed by atoms with Gasteiger partial charge in [0.1, 0.15) is 0 Å². The molecular weight excluding hydrogens is 361 g/mol. The second kappa shape index (κ2) is 8.16. The smallest absolute Gasteiger partial charge is 0.393 e. The molecule has 2 N–H and O–H groups in total. The van der Waals surface area contributed by atoms with Crippen molar-refractivity contribution in [3.8, 4) is 0 Å². The average molecular weight is 386 g/mol. The van der Waals surface area contributed by atoms with Crippen molar-refractivity contribution < 1.29 is 28.2 Å². The second-order valence-corrected chi connectivity index (χ2v) is 7.35. The molecule has 0 spiro atoms. The minimum atomic E-state index is -4.44. The lowest BCUT2D eigenvalue weighted by Crippen LogP contribution is -2.50. The van der Waals surface area contributed by atoms with Gasteiger partial charge in [-0.05, 0) is 43.4 Å². The number of amides is 1. The third-order valence-electron chi connectivity index (χ3n) is 5.58. The number of nitrogens with zero attached hydrogens (tertiary/aromatic N) is 2. The van der Waals surface area contributed by atoms with Crippen molar-refractivity contribution in [2.24, 2.45) is 0 Å². The van der Waals surface area contributed by atoms with Crippen LogP contribution >= 0.6 is 0 Å². The summed E-state index contributed by atoms with van der Waals surface area (Å²) in [6.45, 7) is 2.74. The molecule has 1 aromatic carbocycles. The molecule has 2 heterocycles. The summed E-state index contributed by atoms with van der Waals surface area (Å²) in [5, 5.41) is 19.9. The summed E-state index contributed by atoms with van der Waals surface area (Å²) >= 11 is 0. The van der Waals surface area contributed by atoms with Crippen LogP contribution in [-0.2, 0) is 11.0 Å². The highest BCUT2D eigenvalue weighted by molar-refractivity contribution is 5.82. The first-order chi connectivity index (χ1) is 12.8. The molecule has 0 saturated carbocycles. The van der Waals surface area contributed by atoms with E-state index in [-0.39, 0.29) is 11.7 Å². The first kappa shape index (κ1) is 20.1. The van der Waals surface area contributed by atoms with Crippen LogP contribution in [0.15, 0.2) is 24.3 Å². The predicted octanol–water partition coefficient (Wildman–Crippen LogP) is 2.19. The van der Waals surface area contributed by atoms with Gasteiger partial charge in [-0.15, -0.1) is 0 Å². The molecule has 2 aliphatic rings. The Morgan fingerprint density at radius 2 is 1.56 bits per heavy atom. The summed E-state index contributed by atoms with van der Waals surface area (Å²) in [6, 6.07) is 4.42. The van der Waals surface area contributed by atoms with Gasteiger partial charge in [-0.2, -0.15) is 13.2 Å². The molecular formula is C19H25F3N2O3. The van der Waals surface area contributed by atoms with Gasteiger partial charge in [0.05, 0.1) is 11.7 Å². The molecule has 2 fully saturated rings. The monoisotopic (exact) mass is 386 g/mol. The first-order valence-electron chi connectivity index (χ1n) is 9.32. The number of alkyl halides is 3. The molecule has 2 aliphatic heterocycles. The molecule has 1 atom stereocenters. The molecule has 0 unspecified atom stereocenters. The van der Waals surface area contributed by atoms with Crippen LogP contribution in [0.4, 0.5) is 13.2 Å². The molecule has 8 heteroatoms. The van der Waals surface area contributed by atoms with E-state index in [1.165, 1.54) is 0 Å². The Kier molecular flexibility index (Phi) is 6.08. The number of aliphatic hydroxyl groups is 2. The van der Waals surface area contributed by atoms with Crippen molar-refractivity contribution in [2.45, 2.75) is 50.1 Å². The lowest BCUT2D eigenvalue weighted by Gasteiger charge is -2.41. The molecule has 1 amide bonds. The maximum absolute atomic E-state index is 12.6. The number of carbonyl (C=O) groups excluding carboxylic acids is 1. The molecule has 150 valence electrons. The van der Waals surface area contributed by atoms with Gasteiger partial charge in [0, 0.05) is 32.2 Å². The van der Waals surface area contributed by atoms with Crippen LogP contribution in [0, 0.1) is 0 Å². The third-order valence-corrected chi connectivity index (χ3v) is 5.58. The number of hydrogen-bond acceptors (Lipinski definition) is 4. The van der Waals surface area contributed by atoms with Crippen molar-refractivity contribution >= 4 is 5.91 Å². The molecule has 2 saturated heterocycles. The summed E-state index contributed by atoms with van der Waals surface area (Å²) in [5.41, 5.74) is -0.640. The van der Waals surface area contributed by atoms with E-state index in [0.29, 0.717) is 19.1 Å². The Labute approximate surface area is 156 Å². The number of likely N-dealkylation sites (tertiary alicyclic amines) is 2. The van der Waals surface area contributed by atoms with E-state index in [2.05, 4.69) is 4.90 Å². The average Bonchev–Trinajstić information content (AvgIpc) is 2.67. The van der Waals surface area contributed by atoms with Crippen LogP contribution in [-0.4, -0.2) is 64.2 Å². The zero-order chi connectivity index (χ0) is 19.6. The standard InChI is InChI=1S/C19H25F3N2O3/c20-19(21,22)14-3-1-13(2-4-14)17(26)18(27)24-9-5-15(6-10-24)23-11-7-16(25)8-12-23/h1-4,15-17,25-26H,5-12H2/t17-/m0/s1. The van der Waals surface area contributed by atoms with Crippen LogP contribution in [0.5, 0.6) is 0 Å². The number of rotatable bonds is 3. The second-order valence-electron chi connectivity index (χ2n) is 7.35. The van der Waals surface area contributed by atoms with Gasteiger partial charge in [0.25, 0.3) is 5.91 Å². The number of hydrogen-bond donors (Lipinski definition) is 2. The Balaban J connectivity index is 1.54. The molecule has 0 radical (unpaired) electrons. The van der Waals surface area contributed by atoms with Crippen molar-refractivity contribution in [3.63, 3.8) is 0 Å². The molecule has 1 aromatic rings. The lowest BCUT2D eigenvalue weighted by molar-refractivity contribution is -0.142. The highest BCUT2D eigenvalue weighted by Gasteiger charge is 2.33. The number of aliphatic hydroxyl groups excluding tert-OH is 2. The van der Waals surface area contributed by atoms with E-state index < -0.39 is 23.8 Å². The fraction of sp³-hybridized carbons (Fsp3) is 0.632. The topological polar surface area (TPSA) is 64.0 Å². The van der Waals surface area contributed by atoms with Crippen molar-refractivity contribution in [1.29, 1.82) is 0 Å². The quantitative estimate of drug-likeness (QED) is 0.836. The maximum atomic E-state index is 12.6. The van der Waals surface area contributed by atoms with E-state index in [1.807, 2.05) is 0 Å². The minimum absolute atomic E-state index is 0.167. The summed E-state index contributed by atoms with van der Waals surface area (Å²) in [7, 11) is 0. The Bertz CT molecular complexity index is 635. The van der Waals surface area contributed by atoms with Gasteiger partial charge in [0.15, 0.2) is 6.10 Å². The van der Waals surface area contributed by atoms with Crippen LogP contribution in [0.2, 0.25) is 0 Å². The summed E-state index contributed by atoms with van der Waals surface area (Å²) in [4.78, 5) is 16.4. The number of halogens is 3. The van der Waals surface area contributed by atoms with Crippen LogP contribution < -0.4 is 0 Å². The number of piperidine rings is 2. The van der Waals surface area contributed by atoms with Crippen molar-refractivity contribution in [1.82, 2.24) is 9.80 Å². The van der Waals surface area contributed by atoms with Crippen LogP contribution in [0.3, 0.4) is 0 Å². The van der Waals surface area contributed by atoms with E-state index in [9.17, 15) is 28.2 Å². The molecule has 0 aromatic heterocycles. The van der Waals surface area contributed by atoms with Crippen LogP contribution in [0.1, 0.15) is 42.9 Å². The molecule has 27 heavy (non-hydrogen) atoms. The molecule has 5 nitrogen and oxygen atoms in total. The maximum Gasteiger partial charge on any atom is 0.416 e. The van der Waals surface area contributed by atoms with Crippen LogP contribution in [0.25, 0.3) is 0 Å². The van der Waals surface area contributed by atoms with Crippen molar-refractivity contribution in [3.05, 3.63) is 35.4 Å².